The molecule has 12 heteroatoms. The average Bonchev–Trinajstić information content (AvgIpc) is 3.51. The molecule has 35 heavy (non-hydrogen) atoms. The number of thioether (sulfide) groups is 1. The summed E-state index contributed by atoms with van der Waals surface area (Å²) < 4.78 is 5.39. The van der Waals surface area contributed by atoms with Gasteiger partial charge in [-0.05, 0) is 30.3 Å². The highest BCUT2D eigenvalue weighted by Gasteiger charge is 2.22. The number of nitrogens with two attached hydrogens (primary N) is 1. The summed E-state index contributed by atoms with van der Waals surface area (Å²) in [5, 5.41) is 25.5. The van der Waals surface area contributed by atoms with E-state index in [4.69, 9.17) is 33.4 Å². The van der Waals surface area contributed by atoms with Crippen molar-refractivity contribution in [3.8, 4) is 34.7 Å². The number of nitrogen functional groups attached to an aromatic ring is 1. The molecule has 3 aromatic heterocycles. The van der Waals surface area contributed by atoms with Crippen molar-refractivity contribution in [3.05, 3.63) is 63.1 Å². The van der Waals surface area contributed by atoms with Gasteiger partial charge in [0, 0.05) is 28.1 Å². The van der Waals surface area contributed by atoms with Gasteiger partial charge in [0.05, 0.1) is 28.1 Å². The number of amides is 1. The second-order valence-corrected chi connectivity index (χ2v) is 9.72. The number of nitrogens with zero attached hydrogens (tertiary/aromatic N) is 4. The zero-order chi connectivity index (χ0) is 24.9. The third kappa shape index (κ3) is 5.42. The number of halogens is 2. The van der Waals surface area contributed by atoms with Gasteiger partial charge in [-0.3, -0.25) is 4.79 Å². The Balaban J connectivity index is 1.44. The molecule has 0 saturated heterocycles. The first-order valence-electron chi connectivity index (χ1n) is 9.92. The number of rotatable bonds is 7. The number of pyridine rings is 1. The van der Waals surface area contributed by atoms with E-state index in [0.717, 1.165) is 0 Å². The molecule has 1 amide bonds. The number of hydrogen-bond donors (Lipinski definition) is 2. The maximum atomic E-state index is 12.5. The topological polar surface area (TPSA) is 142 Å². The summed E-state index contributed by atoms with van der Waals surface area (Å²) in [4.78, 5) is 21.1. The maximum absolute atomic E-state index is 12.5. The fourth-order valence-electron chi connectivity index (χ4n) is 3.14. The molecule has 174 valence electrons. The van der Waals surface area contributed by atoms with Crippen LogP contribution >= 0.6 is 46.3 Å². The minimum atomic E-state index is -0.257. The van der Waals surface area contributed by atoms with Gasteiger partial charge >= 0.3 is 0 Å². The van der Waals surface area contributed by atoms with Crippen LogP contribution in [-0.4, -0.2) is 21.6 Å². The number of thiazole rings is 1. The maximum Gasteiger partial charge on any atom is 0.226 e. The molecule has 0 spiro atoms. The highest BCUT2D eigenvalue weighted by atomic mass is 35.5. The minimum Gasteiger partial charge on any atom is -0.464 e. The van der Waals surface area contributed by atoms with Crippen LogP contribution in [0.1, 0.15) is 17.5 Å². The van der Waals surface area contributed by atoms with Gasteiger partial charge in [-0.2, -0.15) is 10.5 Å². The van der Waals surface area contributed by atoms with Crippen molar-refractivity contribution in [1.82, 2.24) is 9.97 Å². The van der Waals surface area contributed by atoms with Crippen LogP contribution < -0.4 is 11.1 Å². The standard InChI is InChI=1S/C23H14Cl2N6O2S2/c24-12-3-4-13(16(25)8-12)17-11-35-23(29-17)30-19(32)5-7-34-22-15(10-27)20(18-2-1-6-33-18)14(9-26)21(28)31-22/h1-4,6,8,11H,5,7H2,(H2,28,31)(H,29,30,32). The van der Waals surface area contributed by atoms with Crippen molar-refractivity contribution in [1.29, 1.82) is 10.5 Å². The predicted molar refractivity (Wildman–Crippen MR) is 137 cm³/mol. The van der Waals surface area contributed by atoms with Crippen LogP contribution in [0, 0.1) is 22.7 Å². The van der Waals surface area contributed by atoms with Crippen LogP contribution in [0.25, 0.3) is 22.6 Å². The smallest absolute Gasteiger partial charge is 0.226 e. The van der Waals surface area contributed by atoms with E-state index in [1.807, 2.05) is 6.07 Å². The third-order valence-electron chi connectivity index (χ3n) is 4.71. The molecular formula is C23H14Cl2N6O2S2. The Morgan fingerprint density at radius 1 is 1.20 bits per heavy atom. The summed E-state index contributed by atoms with van der Waals surface area (Å²) in [6.07, 6.45) is 1.57. The summed E-state index contributed by atoms with van der Waals surface area (Å²) in [5.41, 5.74) is 7.83. The normalized spacial score (nSPS) is 10.5. The van der Waals surface area contributed by atoms with Gasteiger partial charge in [-0.1, -0.05) is 23.2 Å². The zero-order valence-electron chi connectivity index (χ0n) is 17.7. The molecule has 0 bridgehead atoms. The largest absolute Gasteiger partial charge is 0.464 e. The lowest BCUT2D eigenvalue weighted by molar-refractivity contribution is -0.115. The zero-order valence-corrected chi connectivity index (χ0v) is 20.9. The summed E-state index contributed by atoms with van der Waals surface area (Å²) in [6, 6.07) is 12.5. The lowest BCUT2D eigenvalue weighted by atomic mass is 10.0. The molecule has 4 aromatic rings. The number of anilines is 2. The summed E-state index contributed by atoms with van der Waals surface area (Å²) in [7, 11) is 0. The van der Waals surface area contributed by atoms with Gasteiger partial charge in [0.15, 0.2) is 5.13 Å². The lowest BCUT2D eigenvalue weighted by Gasteiger charge is -2.11. The quantitative estimate of drug-likeness (QED) is 0.263. The molecule has 0 atom stereocenters. The Bertz CT molecular complexity index is 1490. The van der Waals surface area contributed by atoms with E-state index in [0.29, 0.717) is 43.0 Å². The molecule has 3 N–H and O–H groups in total. The lowest BCUT2D eigenvalue weighted by Crippen LogP contribution is -2.12. The van der Waals surface area contributed by atoms with Crippen molar-refractivity contribution < 1.29 is 9.21 Å². The number of carbonyl (C=O) groups is 1. The van der Waals surface area contributed by atoms with Crippen LogP contribution in [0.5, 0.6) is 0 Å². The number of nitriles is 2. The highest BCUT2D eigenvalue weighted by Crippen LogP contribution is 2.36. The van der Waals surface area contributed by atoms with Gasteiger partial charge < -0.3 is 15.5 Å². The first kappa shape index (κ1) is 24.6. The molecular weight excluding hydrogens is 527 g/mol. The Labute approximate surface area is 218 Å². The number of carbonyl (C=O) groups excluding carboxylic acids is 1. The summed E-state index contributed by atoms with van der Waals surface area (Å²) in [5.74, 6) is 0.387. The number of benzene rings is 1. The van der Waals surface area contributed by atoms with E-state index in [2.05, 4.69) is 21.4 Å². The average molecular weight is 541 g/mol. The van der Waals surface area contributed by atoms with Gasteiger partial charge in [-0.15, -0.1) is 23.1 Å². The van der Waals surface area contributed by atoms with E-state index in [-0.39, 0.29) is 34.8 Å². The molecule has 1 aromatic carbocycles. The number of hydrogen-bond acceptors (Lipinski definition) is 9. The van der Waals surface area contributed by atoms with Crippen LogP contribution in [0.2, 0.25) is 10.0 Å². The van der Waals surface area contributed by atoms with Gasteiger partial charge in [0.25, 0.3) is 0 Å². The van der Waals surface area contributed by atoms with Crippen LogP contribution in [0.15, 0.2) is 51.4 Å². The van der Waals surface area contributed by atoms with Crippen molar-refractivity contribution in [2.24, 2.45) is 0 Å². The van der Waals surface area contributed by atoms with E-state index >= 15 is 0 Å². The number of nitrogens with one attached hydrogen (secondary N) is 1. The van der Waals surface area contributed by atoms with E-state index < -0.39 is 0 Å². The Kier molecular flexibility index (Phi) is 7.59. The Hall–Kier alpha value is -3.54. The second kappa shape index (κ2) is 10.8. The number of aromatic nitrogens is 2. The fraction of sp³-hybridized carbons (Fsp3) is 0.0870. The molecule has 0 unspecified atom stereocenters. The molecule has 0 saturated carbocycles. The summed E-state index contributed by atoms with van der Waals surface area (Å²) in [6.45, 7) is 0. The van der Waals surface area contributed by atoms with Crippen molar-refractivity contribution >= 4 is 63.2 Å². The third-order valence-corrected chi connectivity index (χ3v) is 6.99. The predicted octanol–water partition coefficient (Wildman–Crippen LogP) is 6.22. The fourth-order valence-corrected chi connectivity index (χ4v) is 5.31. The first-order chi connectivity index (χ1) is 16.9. The monoisotopic (exact) mass is 540 g/mol. The van der Waals surface area contributed by atoms with Crippen molar-refractivity contribution in [2.45, 2.75) is 11.4 Å². The second-order valence-electron chi connectivity index (χ2n) is 6.94. The van der Waals surface area contributed by atoms with Crippen molar-refractivity contribution in [2.75, 3.05) is 16.8 Å². The molecule has 0 fully saturated rings. The number of furan rings is 1. The molecule has 0 aliphatic rings. The van der Waals surface area contributed by atoms with Crippen LogP contribution in [0.4, 0.5) is 10.9 Å². The SMILES string of the molecule is N#Cc1c(N)nc(SCCC(=O)Nc2nc(-c3ccc(Cl)cc3Cl)cs2)c(C#N)c1-c1ccco1. The molecule has 0 radical (unpaired) electrons. The van der Waals surface area contributed by atoms with E-state index in [1.54, 1.807) is 35.7 Å². The van der Waals surface area contributed by atoms with Crippen LogP contribution in [0.3, 0.4) is 0 Å². The molecule has 0 aliphatic carbocycles. The molecule has 3 heterocycles. The highest BCUT2D eigenvalue weighted by molar-refractivity contribution is 7.99. The Morgan fingerprint density at radius 2 is 2.00 bits per heavy atom. The van der Waals surface area contributed by atoms with Crippen LogP contribution in [-0.2, 0) is 4.79 Å². The molecule has 8 nitrogen and oxygen atoms in total. The van der Waals surface area contributed by atoms with Gasteiger partial charge in [0.2, 0.25) is 5.91 Å². The van der Waals surface area contributed by atoms with Gasteiger partial charge in [0.1, 0.15) is 34.3 Å². The Morgan fingerprint density at radius 3 is 2.69 bits per heavy atom. The van der Waals surface area contributed by atoms with E-state index in [9.17, 15) is 15.3 Å². The van der Waals surface area contributed by atoms with Crippen molar-refractivity contribution in [3.63, 3.8) is 0 Å². The van der Waals surface area contributed by atoms with E-state index in [1.165, 1.54) is 29.4 Å². The molecule has 0 aliphatic heterocycles. The molecule has 4 rings (SSSR count). The summed E-state index contributed by atoms with van der Waals surface area (Å²) >= 11 is 14.6. The minimum absolute atomic E-state index is 0.0129. The first-order valence-corrected chi connectivity index (χ1v) is 12.5. The van der Waals surface area contributed by atoms with Gasteiger partial charge in [-0.25, -0.2) is 9.97 Å².